The third kappa shape index (κ3) is 10.1. The third-order valence-corrected chi connectivity index (χ3v) is 4.20. The Balaban J connectivity index is 2.45. The number of hydrogen-bond acceptors (Lipinski definition) is 5. The number of unbranched alkanes of at least 4 members (excludes halogenated alkanes) is 1. The van der Waals surface area contributed by atoms with Gasteiger partial charge < -0.3 is 24.8 Å². The minimum Gasteiger partial charge on any atom is -0.480 e. The Morgan fingerprint density at radius 3 is 2.27 bits per heavy atom. The number of benzene rings is 1. The number of aliphatic carboxylic acids is 1. The van der Waals surface area contributed by atoms with Crippen molar-refractivity contribution in [1.82, 2.24) is 10.2 Å². The molecule has 0 radical (unpaired) electrons. The van der Waals surface area contributed by atoms with Gasteiger partial charge in [0.05, 0.1) is 0 Å². The zero-order valence-corrected chi connectivity index (χ0v) is 18.5. The molecule has 1 atom stereocenters. The highest BCUT2D eigenvalue weighted by atomic mass is 16.6. The highest BCUT2D eigenvalue weighted by molar-refractivity contribution is 5.79. The van der Waals surface area contributed by atoms with E-state index in [0.29, 0.717) is 19.4 Å². The molecule has 0 aliphatic rings. The lowest BCUT2D eigenvalue weighted by Crippen LogP contribution is -2.42. The second kappa shape index (κ2) is 12.0. The van der Waals surface area contributed by atoms with Crippen LogP contribution in [0.3, 0.4) is 0 Å². The van der Waals surface area contributed by atoms with Gasteiger partial charge in [0, 0.05) is 12.6 Å². The van der Waals surface area contributed by atoms with Crippen molar-refractivity contribution < 1.29 is 29.0 Å². The quantitative estimate of drug-likeness (QED) is 0.548. The number of amides is 2. The zero-order valence-electron chi connectivity index (χ0n) is 18.5. The van der Waals surface area contributed by atoms with Gasteiger partial charge in [0.15, 0.2) is 0 Å². The smallest absolute Gasteiger partial charge is 0.410 e. The number of nitrogens with one attached hydrogen (secondary N) is 1. The van der Waals surface area contributed by atoms with Crippen molar-refractivity contribution in [2.24, 2.45) is 0 Å². The first-order valence-corrected chi connectivity index (χ1v) is 10.2. The van der Waals surface area contributed by atoms with Crippen molar-refractivity contribution in [3.63, 3.8) is 0 Å². The van der Waals surface area contributed by atoms with Crippen molar-refractivity contribution in [1.29, 1.82) is 0 Å². The molecule has 0 heterocycles. The van der Waals surface area contributed by atoms with E-state index < -0.39 is 29.8 Å². The normalized spacial score (nSPS) is 12.2. The summed E-state index contributed by atoms with van der Waals surface area (Å²) in [5, 5.41) is 11.8. The number of ether oxygens (including phenoxy) is 2. The monoisotopic (exact) mass is 422 g/mol. The first-order valence-electron chi connectivity index (χ1n) is 10.2. The van der Waals surface area contributed by atoms with E-state index in [4.69, 9.17) is 9.47 Å². The minimum absolute atomic E-state index is 0.0405. The average molecular weight is 423 g/mol. The number of carboxylic acid groups (broad SMARTS) is 1. The maximum Gasteiger partial charge on any atom is 0.410 e. The van der Waals surface area contributed by atoms with E-state index in [0.717, 1.165) is 5.56 Å². The van der Waals surface area contributed by atoms with Crippen LogP contribution in [0.1, 0.15) is 59.4 Å². The Morgan fingerprint density at radius 2 is 1.73 bits per heavy atom. The lowest BCUT2D eigenvalue weighted by Gasteiger charge is -2.30. The van der Waals surface area contributed by atoms with Gasteiger partial charge in [-0.05, 0) is 59.4 Å². The highest BCUT2D eigenvalue weighted by Gasteiger charge is 2.24. The van der Waals surface area contributed by atoms with Gasteiger partial charge in [-0.2, -0.15) is 0 Å². The summed E-state index contributed by atoms with van der Waals surface area (Å²) in [7, 11) is 0. The summed E-state index contributed by atoms with van der Waals surface area (Å²) in [5.41, 5.74) is 0.235. The summed E-state index contributed by atoms with van der Waals surface area (Å²) in [6.45, 7) is 9.73. The van der Waals surface area contributed by atoms with Crippen molar-refractivity contribution in [3.05, 3.63) is 35.9 Å². The van der Waals surface area contributed by atoms with E-state index in [9.17, 15) is 19.5 Å². The summed E-state index contributed by atoms with van der Waals surface area (Å²) in [6.07, 6.45) is 0.165. The van der Waals surface area contributed by atoms with E-state index >= 15 is 0 Å². The summed E-state index contributed by atoms with van der Waals surface area (Å²) in [6, 6.07) is 8.04. The highest BCUT2D eigenvalue weighted by Crippen LogP contribution is 2.13. The number of carbonyl (C=O) groups excluding carboxylic acids is 2. The third-order valence-electron chi connectivity index (χ3n) is 4.20. The molecule has 0 aliphatic heterocycles. The summed E-state index contributed by atoms with van der Waals surface area (Å²) >= 11 is 0. The lowest BCUT2D eigenvalue weighted by atomic mass is 10.1. The van der Waals surface area contributed by atoms with Crippen molar-refractivity contribution in [3.8, 4) is 0 Å². The van der Waals surface area contributed by atoms with E-state index in [1.807, 2.05) is 65.0 Å². The van der Waals surface area contributed by atoms with Crippen LogP contribution in [0, 0.1) is 0 Å². The molecule has 1 aromatic rings. The van der Waals surface area contributed by atoms with E-state index in [1.54, 1.807) is 4.90 Å². The van der Waals surface area contributed by atoms with Crippen LogP contribution in [0.5, 0.6) is 0 Å². The maximum absolute atomic E-state index is 12.3. The number of carbonyl (C=O) groups is 3. The summed E-state index contributed by atoms with van der Waals surface area (Å²) < 4.78 is 10.5. The molecule has 0 spiro atoms. The van der Waals surface area contributed by atoms with Crippen LogP contribution < -0.4 is 5.32 Å². The fourth-order valence-electron chi connectivity index (χ4n) is 2.68. The van der Waals surface area contributed by atoms with Gasteiger partial charge in [-0.1, -0.05) is 30.3 Å². The Kier molecular flexibility index (Phi) is 10.1. The second-order valence-corrected chi connectivity index (χ2v) is 8.36. The van der Waals surface area contributed by atoms with Crippen molar-refractivity contribution in [2.45, 2.75) is 78.2 Å². The molecule has 1 unspecified atom stereocenters. The molecule has 0 aromatic heterocycles. The van der Waals surface area contributed by atoms with Gasteiger partial charge in [0.1, 0.15) is 18.2 Å². The Bertz CT molecular complexity index is 685. The molecule has 168 valence electrons. The predicted molar refractivity (Wildman–Crippen MR) is 113 cm³/mol. The van der Waals surface area contributed by atoms with Gasteiger partial charge in [0.2, 0.25) is 0 Å². The number of hydrogen-bond donors (Lipinski definition) is 2. The van der Waals surface area contributed by atoms with E-state index in [-0.39, 0.29) is 19.1 Å². The molecule has 0 bridgehead atoms. The topological polar surface area (TPSA) is 105 Å². The van der Waals surface area contributed by atoms with Crippen molar-refractivity contribution >= 4 is 18.2 Å². The van der Waals surface area contributed by atoms with Gasteiger partial charge >= 0.3 is 18.2 Å². The fourth-order valence-corrected chi connectivity index (χ4v) is 2.68. The van der Waals surface area contributed by atoms with Crippen molar-refractivity contribution in [2.75, 3.05) is 6.54 Å². The summed E-state index contributed by atoms with van der Waals surface area (Å²) in [4.78, 5) is 37.3. The maximum atomic E-state index is 12.3. The molecule has 0 saturated heterocycles. The largest absolute Gasteiger partial charge is 0.480 e. The summed E-state index contributed by atoms with van der Waals surface area (Å²) in [5.74, 6) is -1.13. The van der Waals surface area contributed by atoms with E-state index in [2.05, 4.69) is 5.32 Å². The molecule has 2 N–H and O–H groups in total. The molecular weight excluding hydrogens is 388 g/mol. The minimum atomic E-state index is -1.13. The molecule has 0 aliphatic carbocycles. The van der Waals surface area contributed by atoms with Crippen LogP contribution in [-0.4, -0.2) is 52.4 Å². The van der Waals surface area contributed by atoms with Crippen LogP contribution in [0.2, 0.25) is 0 Å². The van der Waals surface area contributed by atoms with Crippen LogP contribution in [-0.2, 0) is 20.9 Å². The molecule has 8 nitrogen and oxygen atoms in total. The standard InChI is InChI=1S/C22H34N2O6/c1-16(2)24(21(28)30-22(3,4)5)14-10-9-13-18(19(25)26)23-20(27)29-15-17-11-7-6-8-12-17/h6-8,11-12,16,18H,9-10,13-15H2,1-5H3,(H,23,27)(H,25,26). The lowest BCUT2D eigenvalue weighted by molar-refractivity contribution is -0.139. The Labute approximate surface area is 178 Å². The van der Waals surface area contributed by atoms with Gasteiger partial charge in [-0.25, -0.2) is 14.4 Å². The van der Waals surface area contributed by atoms with Gasteiger partial charge in [-0.15, -0.1) is 0 Å². The Morgan fingerprint density at radius 1 is 1.10 bits per heavy atom. The first-order chi connectivity index (χ1) is 14.0. The first kappa shape index (κ1) is 25.3. The van der Waals surface area contributed by atoms with E-state index in [1.165, 1.54) is 0 Å². The molecule has 1 rings (SSSR count). The zero-order chi connectivity index (χ0) is 22.7. The molecule has 8 heteroatoms. The molecule has 1 aromatic carbocycles. The predicted octanol–water partition coefficient (Wildman–Crippen LogP) is 4.18. The molecular formula is C22H34N2O6. The average Bonchev–Trinajstić information content (AvgIpc) is 2.64. The second-order valence-electron chi connectivity index (χ2n) is 8.36. The molecule has 30 heavy (non-hydrogen) atoms. The van der Waals surface area contributed by atoms with Gasteiger partial charge in [-0.3, -0.25) is 0 Å². The molecule has 2 amide bonds. The molecule has 0 fully saturated rings. The van der Waals surface area contributed by atoms with Gasteiger partial charge in [0.25, 0.3) is 0 Å². The fraction of sp³-hybridized carbons (Fsp3) is 0.591. The Hall–Kier alpha value is -2.77. The van der Waals surface area contributed by atoms with Crippen LogP contribution in [0.25, 0.3) is 0 Å². The number of alkyl carbamates (subject to hydrolysis) is 1. The van der Waals surface area contributed by atoms with Crippen LogP contribution >= 0.6 is 0 Å². The number of carboxylic acids is 1. The van der Waals surface area contributed by atoms with Crippen LogP contribution in [0.15, 0.2) is 30.3 Å². The van der Waals surface area contributed by atoms with Crippen LogP contribution in [0.4, 0.5) is 9.59 Å². The molecule has 0 saturated carbocycles. The number of nitrogens with zero attached hydrogens (tertiary/aromatic N) is 1. The number of rotatable bonds is 10. The SMILES string of the molecule is CC(C)N(CCCCC(NC(=O)OCc1ccccc1)C(=O)O)C(=O)OC(C)(C)C.